The largest absolute Gasteiger partial charge is 0.422 e. The van der Waals surface area contributed by atoms with Crippen molar-refractivity contribution < 1.29 is 29.6 Å². The second-order valence-electron chi connectivity index (χ2n) is 6.14. The van der Waals surface area contributed by atoms with Gasteiger partial charge in [0.2, 0.25) is 0 Å². The highest BCUT2D eigenvalue weighted by Crippen LogP contribution is 2.25. The van der Waals surface area contributed by atoms with Crippen LogP contribution in [0.3, 0.4) is 0 Å². The summed E-state index contributed by atoms with van der Waals surface area (Å²) in [7, 11) is 0. The van der Waals surface area contributed by atoms with Crippen molar-refractivity contribution in [1.29, 1.82) is 0 Å². The minimum Gasteiger partial charge on any atom is -0.422 e. The average Bonchev–Trinajstić information content (AvgIpc) is 2.62. The van der Waals surface area contributed by atoms with Gasteiger partial charge in [-0.2, -0.15) is 0 Å². The van der Waals surface area contributed by atoms with Gasteiger partial charge in [-0.3, -0.25) is 0 Å². The fraction of sp³-hybridized carbons (Fsp3) is 0.389. The monoisotopic (exact) mass is 363 g/mol. The SMILES string of the molecule is C/C=C/c1cc2ccc(NC3[C@@H](O)OC(CO)[C@H](O)[C@H]3O)cc2oc1=O. The summed E-state index contributed by atoms with van der Waals surface area (Å²) in [6.45, 7) is 1.27. The molecular formula is C18H21NO7. The molecule has 5 N–H and O–H groups in total. The molecule has 2 unspecified atom stereocenters. The Morgan fingerprint density at radius 3 is 2.65 bits per heavy atom. The van der Waals surface area contributed by atoms with Crippen molar-refractivity contribution in [3.05, 3.63) is 46.3 Å². The van der Waals surface area contributed by atoms with Crippen LogP contribution in [0.1, 0.15) is 12.5 Å². The van der Waals surface area contributed by atoms with Crippen LogP contribution in [-0.4, -0.2) is 57.7 Å². The van der Waals surface area contributed by atoms with Gasteiger partial charge < -0.3 is 34.9 Å². The van der Waals surface area contributed by atoms with Gasteiger partial charge in [-0.05, 0) is 25.1 Å². The first-order valence-electron chi connectivity index (χ1n) is 8.22. The molecule has 1 fully saturated rings. The van der Waals surface area contributed by atoms with Gasteiger partial charge in [0.15, 0.2) is 6.29 Å². The number of ether oxygens (including phenoxy) is 1. The molecule has 1 aromatic heterocycles. The molecule has 2 aromatic rings. The first-order chi connectivity index (χ1) is 12.4. The molecule has 2 heterocycles. The number of nitrogens with one attached hydrogen (secondary N) is 1. The van der Waals surface area contributed by atoms with Crippen molar-refractivity contribution >= 4 is 22.7 Å². The van der Waals surface area contributed by atoms with Gasteiger partial charge in [-0.15, -0.1) is 0 Å². The van der Waals surface area contributed by atoms with E-state index in [9.17, 15) is 20.1 Å². The van der Waals surface area contributed by atoms with E-state index in [2.05, 4.69) is 5.32 Å². The Balaban J connectivity index is 1.87. The Kier molecular flexibility index (Phi) is 5.40. The van der Waals surface area contributed by atoms with E-state index < -0.39 is 42.9 Å². The molecule has 1 aliphatic heterocycles. The first kappa shape index (κ1) is 18.6. The van der Waals surface area contributed by atoms with E-state index in [1.54, 1.807) is 43.3 Å². The molecule has 5 atom stereocenters. The molecule has 0 aliphatic carbocycles. The fourth-order valence-electron chi connectivity index (χ4n) is 2.96. The van der Waals surface area contributed by atoms with Gasteiger partial charge in [0, 0.05) is 17.1 Å². The third-order valence-electron chi connectivity index (χ3n) is 4.34. The number of hydrogen-bond acceptors (Lipinski definition) is 8. The van der Waals surface area contributed by atoms with Crippen molar-refractivity contribution in [3.8, 4) is 0 Å². The van der Waals surface area contributed by atoms with E-state index in [0.29, 0.717) is 22.2 Å². The lowest BCUT2D eigenvalue weighted by Crippen LogP contribution is -2.61. The summed E-state index contributed by atoms with van der Waals surface area (Å²) in [5.41, 5.74) is 0.754. The molecule has 8 nitrogen and oxygen atoms in total. The second kappa shape index (κ2) is 7.56. The van der Waals surface area contributed by atoms with Gasteiger partial charge in [-0.1, -0.05) is 12.2 Å². The number of aliphatic hydroxyl groups is 4. The summed E-state index contributed by atoms with van der Waals surface area (Å²) in [6, 6.07) is 5.64. The molecule has 0 spiro atoms. The van der Waals surface area contributed by atoms with E-state index >= 15 is 0 Å². The van der Waals surface area contributed by atoms with Gasteiger partial charge in [0.25, 0.3) is 0 Å². The maximum atomic E-state index is 11.9. The quantitative estimate of drug-likeness (QED) is 0.481. The summed E-state index contributed by atoms with van der Waals surface area (Å²) < 4.78 is 10.4. The zero-order chi connectivity index (χ0) is 18.8. The van der Waals surface area contributed by atoms with Crippen LogP contribution in [0.15, 0.2) is 39.6 Å². The zero-order valence-corrected chi connectivity index (χ0v) is 14.1. The molecular weight excluding hydrogens is 342 g/mol. The lowest BCUT2D eigenvalue weighted by atomic mass is 9.97. The average molecular weight is 363 g/mol. The van der Waals surface area contributed by atoms with Crippen LogP contribution in [-0.2, 0) is 4.74 Å². The standard InChI is InChI=1S/C18H21NO7/c1-2-3-10-6-9-4-5-11(7-12(9)25-17(10)23)19-14-16(22)15(21)13(8-20)26-18(14)24/h2-7,13-16,18-22,24H,8H2,1H3/b3-2+/t13?,14?,15-,16-,18-/m0/s1. The third-order valence-corrected chi connectivity index (χ3v) is 4.34. The summed E-state index contributed by atoms with van der Waals surface area (Å²) in [5, 5.41) is 42.8. The minimum absolute atomic E-state index is 0.336. The Morgan fingerprint density at radius 2 is 1.96 bits per heavy atom. The lowest BCUT2D eigenvalue weighted by Gasteiger charge is -2.40. The predicted molar refractivity (Wildman–Crippen MR) is 94.6 cm³/mol. The van der Waals surface area contributed by atoms with Gasteiger partial charge in [-0.25, -0.2) is 4.79 Å². The van der Waals surface area contributed by atoms with E-state index in [4.69, 9.17) is 14.3 Å². The van der Waals surface area contributed by atoms with Crippen LogP contribution < -0.4 is 10.9 Å². The number of anilines is 1. The maximum absolute atomic E-state index is 11.9. The van der Waals surface area contributed by atoms with Gasteiger partial charge >= 0.3 is 5.63 Å². The molecule has 140 valence electrons. The summed E-state index contributed by atoms with van der Waals surface area (Å²) in [6.07, 6.45) is -1.84. The van der Waals surface area contributed by atoms with Crippen molar-refractivity contribution in [1.82, 2.24) is 0 Å². The lowest BCUT2D eigenvalue weighted by molar-refractivity contribution is -0.245. The van der Waals surface area contributed by atoms with E-state index in [0.717, 1.165) is 0 Å². The number of fused-ring (bicyclic) bond motifs is 1. The Hall–Kier alpha value is -2.23. The maximum Gasteiger partial charge on any atom is 0.343 e. The topological polar surface area (TPSA) is 132 Å². The summed E-state index contributed by atoms with van der Waals surface area (Å²) in [4.78, 5) is 11.9. The Bertz CT molecular complexity index is 862. The first-order valence-corrected chi connectivity index (χ1v) is 8.22. The minimum atomic E-state index is -1.44. The Labute approximate surface area is 149 Å². The van der Waals surface area contributed by atoms with Crippen molar-refractivity contribution in [2.75, 3.05) is 11.9 Å². The van der Waals surface area contributed by atoms with Gasteiger partial charge in [0.05, 0.1) is 12.2 Å². The molecule has 1 aliphatic rings. The molecule has 0 bridgehead atoms. The van der Waals surface area contributed by atoms with Crippen LogP contribution in [0.2, 0.25) is 0 Å². The van der Waals surface area contributed by atoms with Crippen LogP contribution in [0, 0.1) is 0 Å². The van der Waals surface area contributed by atoms with Crippen LogP contribution in [0.5, 0.6) is 0 Å². The number of benzene rings is 1. The molecule has 1 aromatic carbocycles. The molecule has 3 rings (SSSR count). The number of allylic oxidation sites excluding steroid dienone is 1. The van der Waals surface area contributed by atoms with Crippen LogP contribution in [0.4, 0.5) is 5.69 Å². The van der Waals surface area contributed by atoms with E-state index in [-0.39, 0.29) is 0 Å². The summed E-state index contributed by atoms with van der Waals surface area (Å²) in [5.74, 6) is 0. The smallest absolute Gasteiger partial charge is 0.343 e. The molecule has 0 radical (unpaired) electrons. The van der Waals surface area contributed by atoms with E-state index in [1.165, 1.54) is 0 Å². The summed E-state index contributed by atoms with van der Waals surface area (Å²) >= 11 is 0. The molecule has 0 saturated carbocycles. The highest BCUT2D eigenvalue weighted by molar-refractivity contribution is 5.82. The number of aliphatic hydroxyl groups excluding tert-OH is 4. The van der Waals surface area contributed by atoms with Crippen molar-refractivity contribution in [2.24, 2.45) is 0 Å². The normalized spacial score (nSPS) is 29.3. The molecule has 0 amide bonds. The van der Waals surface area contributed by atoms with Crippen molar-refractivity contribution in [3.63, 3.8) is 0 Å². The zero-order valence-electron chi connectivity index (χ0n) is 14.1. The van der Waals surface area contributed by atoms with Crippen molar-refractivity contribution in [2.45, 2.75) is 37.6 Å². The molecule has 8 heteroatoms. The fourth-order valence-corrected chi connectivity index (χ4v) is 2.96. The Morgan fingerprint density at radius 1 is 1.19 bits per heavy atom. The number of hydrogen-bond donors (Lipinski definition) is 5. The van der Waals surface area contributed by atoms with Crippen LogP contribution in [0.25, 0.3) is 17.0 Å². The highest BCUT2D eigenvalue weighted by Gasteiger charge is 2.43. The van der Waals surface area contributed by atoms with Gasteiger partial charge in [0.1, 0.15) is 29.9 Å². The predicted octanol–water partition coefficient (Wildman–Crippen LogP) is 0.0379. The van der Waals surface area contributed by atoms with Crippen LogP contribution >= 0.6 is 0 Å². The molecule has 26 heavy (non-hydrogen) atoms. The second-order valence-corrected chi connectivity index (χ2v) is 6.14. The van der Waals surface area contributed by atoms with E-state index in [1.807, 2.05) is 0 Å². The number of rotatable bonds is 4. The third kappa shape index (κ3) is 3.50. The highest BCUT2D eigenvalue weighted by atomic mass is 16.6. The molecule has 1 saturated heterocycles.